The zero-order valence-electron chi connectivity index (χ0n) is 46.2. The van der Waals surface area contributed by atoms with E-state index < -0.39 is 0 Å². The molecule has 2 aromatic heterocycles. The number of amides is 2. The van der Waals surface area contributed by atoms with Gasteiger partial charge in [0.05, 0.1) is 28.7 Å². The highest BCUT2D eigenvalue weighted by Crippen LogP contribution is 2.36. The van der Waals surface area contributed by atoms with E-state index in [0.29, 0.717) is 11.8 Å². The molecule has 2 aliphatic heterocycles. The molecular weight excluding hydrogens is 1050 g/mol. The number of hydrogen-bond acceptors (Lipinski definition) is 4. The van der Waals surface area contributed by atoms with Crippen molar-refractivity contribution in [2.24, 2.45) is 11.8 Å². The summed E-state index contributed by atoms with van der Waals surface area (Å²) in [4.78, 5) is 36.5. The zero-order valence-corrected chi connectivity index (χ0v) is 51.0. The third-order valence-corrected chi connectivity index (χ3v) is 19.4. The van der Waals surface area contributed by atoms with Gasteiger partial charge >= 0.3 is 0 Å². The fourth-order valence-corrected chi connectivity index (χ4v) is 14.6. The van der Waals surface area contributed by atoms with Crippen LogP contribution in [0, 0.1) is 11.8 Å². The number of fused-ring (bicyclic) bond motifs is 2. The minimum Gasteiger partial charge on any atom is -0.306 e. The highest BCUT2D eigenvalue weighted by atomic mass is 79.9. The largest absolute Gasteiger partial charge is 0.306 e. The molecule has 5 rings (SSSR count). The van der Waals surface area contributed by atoms with E-state index >= 15 is 9.59 Å². The van der Waals surface area contributed by atoms with Crippen molar-refractivity contribution in [2.75, 3.05) is 13.1 Å². The van der Waals surface area contributed by atoms with Crippen molar-refractivity contribution in [3.8, 4) is 0 Å². The van der Waals surface area contributed by atoms with Crippen molar-refractivity contribution in [3.63, 3.8) is 0 Å². The molecule has 0 fully saturated rings. The predicted molar refractivity (Wildman–Crippen MR) is 322 cm³/mol. The molecule has 0 bridgehead atoms. The maximum absolute atomic E-state index is 15.1. The van der Waals surface area contributed by atoms with Gasteiger partial charge in [-0.3, -0.25) is 9.59 Å². The van der Waals surface area contributed by atoms with Gasteiger partial charge in [0, 0.05) is 34.7 Å². The van der Waals surface area contributed by atoms with Gasteiger partial charge in [-0.05, 0) is 92.9 Å². The molecule has 0 atom stereocenters. The quantitative estimate of drug-likeness (QED) is 0.0530. The predicted octanol–water partition coefficient (Wildman–Crippen LogP) is 20.7. The number of thiophene rings is 2. The lowest BCUT2D eigenvalue weighted by Gasteiger charge is -2.24. The van der Waals surface area contributed by atoms with Crippen LogP contribution in [-0.4, -0.2) is 34.7 Å². The van der Waals surface area contributed by atoms with Crippen molar-refractivity contribution < 1.29 is 9.59 Å². The van der Waals surface area contributed by atoms with Crippen LogP contribution < -0.4 is 10.4 Å². The second-order valence-electron chi connectivity index (χ2n) is 22.1. The lowest BCUT2D eigenvalue weighted by atomic mass is 9.91. The molecular formula is C64H100Br2N2O2S2. The number of unbranched alkanes of at least 4 members (excludes halogenated alkanes) is 28. The molecule has 404 valence electrons. The molecule has 0 N–H and O–H groups in total. The smallest absolute Gasteiger partial charge is 0.259 e. The fourth-order valence-electron chi connectivity index (χ4n) is 11.7. The maximum atomic E-state index is 15.1. The minimum atomic E-state index is 0.0960. The van der Waals surface area contributed by atoms with Gasteiger partial charge in [0.2, 0.25) is 0 Å². The molecule has 72 heavy (non-hydrogen) atoms. The first kappa shape index (κ1) is 61.1. The number of hydrogen-bond donors (Lipinski definition) is 0. The van der Waals surface area contributed by atoms with E-state index in [9.17, 15) is 0 Å². The van der Waals surface area contributed by atoms with Crippen molar-refractivity contribution in [1.29, 1.82) is 0 Å². The van der Waals surface area contributed by atoms with Crippen LogP contribution >= 0.6 is 54.5 Å². The van der Waals surface area contributed by atoms with Gasteiger partial charge in [-0.25, -0.2) is 0 Å². The first-order valence-corrected chi connectivity index (χ1v) is 33.6. The molecule has 2 aliphatic rings. The van der Waals surface area contributed by atoms with Crippen molar-refractivity contribution in [3.05, 3.63) is 75.3 Å². The first-order chi connectivity index (χ1) is 35.3. The molecule has 0 unspecified atom stereocenters. The molecule has 2 amide bonds. The Kier molecular flexibility index (Phi) is 30.8. The number of nitrogens with zero attached hydrogens (tertiary/aromatic N) is 2. The van der Waals surface area contributed by atoms with Gasteiger partial charge < -0.3 is 9.80 Å². The van der Waals surface area contributed by atoms with Crippen LogP contribution in [0.4, 0.5) is 0 Å². The Labute approximate surface area is 465 Å². The van der Waals surface area contributed by atoms with E-state index in [0.717, 1.165) is 76.2 Å². The van der Waals surface area contributed by atoms with Crippen molar-refractivity contribution in [2.45, 2.75) is 272 Å². The summed E-state index contributed by atoms with van der Waals surface area (Å²) in [6.07, 6.45) is 50.1. The summed E-state index contributed by atoms with van der Waals surface area (Å²) in [6, 6.07) is 12.8. The number of benzene rings is 1. The van der Waals surface area contributed by atoms with Gasteiger partial charge in [-0.2, -0.15) is 0 Å². The van der Waals surface area contributed by atoms with E-state index in [1.54, 1.807) is 22.7 Å². The molecule has 4 nitrogen and oxygen atoms in total. The van der Waals surface area contributed by atoms with Crippen LogP contribution in [0.15, 0.2) is 44.0 Å². The molecule has 0 saturated carbocycles. The summed E-state index contributed by atoms with van der Waals surface area (Å²) >= 11 is 10.9. The second kappa shape index (κ2) is 36.3. The normalized spacial score (nSPS) is 13.6. The Balaban J connectivity index is 1.35. The van der Waals surface area contributed by atoms with E-state index in [1.807, 2.05) is 0 Å². The highest BCUT2D eigenvalue weighted by molar-refractivity contribution is 9.11. The summed E-state index contributed by atoms with van der Waals surface area (Å²) in [6.45, 7) is 10.6. The summed E-state index contributed by atoms with van der Waals surface area (Å²) in [5.74, 6) is 1.42. The number of rotatable bonds is 44. The summed E-state index contributed by atoms with van der Waals surface area (Å²) < 4.78 is 2.12. The van der Waals surface area contributed by atoms with Gasteiger partial charge in [-0.1, -0.05) is 259 Å². The lowest BCUT2D eigenvalue weighted by molar-refractivity contribution is 0.0829. The molecule has 0 spiro atoms. The van der Waals surface area contributed by atoms with Crippen molar-refractivity contribution >= 4 is 77.7 Å². The summed E-state index contributed by atoms with van der Waals surface area (Å²) in [5, 5.41) is 1.86. The average molecular weight is 1150 g/mol. The Bertz CT molecular complexity index is 1920. The van der Waals surface area contributed by atoms with Gasteiger partial charge in [0.25, 0.3) is 11.8 Å². The van der Waals surface area contributed by atoms with E-state index in [4.69, 9.17) is 0 Å². The van der Waals surface area contributed by atoms with Crippen LogP contribution in [0.2, 0.25) is 0 Å². The fraction of sp³-hybridized carbons (Fsp3) is 0.719. The molecule has 4 heterocycles. The molecule has 3 aromatic rings. The summed E-state index contributed by atoms with van der Waals surface area (Å²) in [5.41, 5.74) is 3.49. The Morgan fingerprint density at radius 1 is 0.375 bits per heavy atom. The molecule has 0 aliphatic carbocycles. The second-order valence-corrected chi connectivity index (χ2v) is 27.1. The standard InChI is InChI=1S/C64H100Br2N2O2S2/c1-5-9-13-17-21-25-29-33-37-51(38-34-30-26-22-18-14-10-6-2)45-47-67-61(57-41-43-59(65)71-57)53-49-56-54(50-55(53)63(67)69)62(58-42-44-60(66)72-58)68(64(56)70)48-46-52(39-35-31-27-23-19-15-11-7-3)40-36-32-28-24-20-16-12-8-4/h41-44,49-52H,5-40,45-48H2,1-4H3. The van der Waals surface area contributed by atoms with E-state index in [1.165, 1.54) is 231 Å². The lowest BCUT2D eigenvalue weighted by Crippen LogP contribution is -2.28. The van der Waals surface area contributed by atoms with Gasteiger partial charge in [0.1, 0.15) is 0 Å². The molecule has 0 radical (unpaired) electrons. The van der Waals surface area contributed by atoms with Gasteiger partial charge in [0.15, 0.2) is 0 Å². The highest BCUT2D eigenvalue weighted by Gasteiger charge is 2.37. The third kappa shape index (κ3) is 20.7. The number of halogens is 2. The van der Waals surface area contributed by atoms with Crippen LogP contribution in [-0.2, 0) is 0 Å². The Hall–Kier alpha value is -1.74. The zero-order chi connectivity index (χ0) is 51.2. The minimum absolute atomic E-state index is 0.0960. The number of carbonyl (C=O) groups excluding carboxylic acids is 2. The third-order valence-electron chi connectivity index (χ3n) is 16.2. The summed E-state index contributed by atoms with van der Waals surface area (Å²) in [7, 11) is 0. The van der Waals surface area contributed by atoms with Crippen LogP contribution in [0.3, 0.4) is 0 Å². The first-order valence-electron chi connectivity index (χ1n) is 30.4. The van der Waals surface area contributed by atoms with Crippen LogP contribution in [0.5, 0.6) is 0 Å². The molecule has 0 saturated heterocycles. The average Bonchev–Trinajstić information content (AvgIpc) is 4.14. The molecule has 8 heteroatoms. The van der Waals surface area contributed by atoms with Gasteiger partial charge in [-0.15, -0.1) is 22.7 Å². The Morgan fingerprint density at radius 3 is 0.889 bits per heavy atom. The number of carbonyl (C=O) groups is 2. The van der Waals surface area contributed by atoms with E-state index in [2.05, 4.69) is 106 Å². The van der Waals surface area contributed by atoms with Crippen LogP contribution in [0.1, 0.15) is 302 Å². The Morgan fingerprint density at radius 2 is 0.639 bits per heavy atom. The van der Waals surface area contributed by atoms with Crippen molar-refractivity contribution in [1.82, 2.24) is 9.80 Å². The van der Waals surface area contributed by atoms with E-state index in [-0.39, 0.29) is 11.8 Å². The molecule has 1 aromatic carbocycles. The van der Waals surface area contributed by atoms with Crippen LogP contribution in [0.25, 0.3) is 11.4 Å². The monoisotopic (exact) mass is 1150 g/mol. The topological polar surface area (TPSA) is 40.6 Å². The maximum Gasteiger partial charge on any atom is 0.259 e. The SMILES string of the molecule is CCCCCCCCCCC(CCCCCCCCCC)CCN1C(=O)c2cc3c(cc2=C1c1ccc(Br)s1)C(=O)N(CCC(CCCCCCCCCC)CCCCCCCCCC)C=3c1ccc(Br)s1.